The van der Waals surface area contributed by atoms with Crippen LogP contribution in [-0.4, -0.2) is 39.5 Å². The van der Waals surface area contributed by atoms with E-state index in [0.717, 1.165) is 21.3 Å². The summed E-state index contributed by atoms with van der Waals surface area (Å²) in [5.41, 5.74) is -4.90. The van der Waals surface area contributed by atoms with E-state index in [1.807, 2.05) is 0 Å². The molecular weight excluding hydrogens is 859 g/mol. The van der Waals surface area contributed by atoms with Crippen LogP contribution in [0.3, 0.4) is 0 Å². The van der Waals surface area contributed by atoms with Gasteiger partial charge in [-0.25, -0.2) is 24.3 Å². The lowest BCUT2D eigenvalue weighted by Crippen LogP contribution is -2.26. The molecule has 0 bridgehead atoms. The number of carbonyl (C=O) groups is 1. The number of hydrogen-bond donors (Lipinski definition) is 2. The van der Waals surface area contributed by atoms with E-state index in [1.165, 1.54) is 54.6 Å². The molecule has 0 spiro atoms. The van der Waals surface area contributed by atoms with Crippen LogP contribution in [0.1, 0.15) is 43.5 Å². The molecule has 0 aliphatic carbocycles. The Bertz CT molecular complexity index is 2840. The van der Waals surface area contributed by atoms with Crippen LogP contribution in [0, 0.1) is 13.1 Å². The minimum atomic E-state index is -4.89. The number of nitrogens with zero attached hydrogens (tertiary/aromatic N) is 5. The summed E-state index contributed by atoms with van der Waals surface area (Å²) in [5, 5.41) is 12.1. The third-order valence-electron chi connectivity index (χ3n) is 8.78. The molecule has 6 rings (SSSR count). The van der Waals surface area contributed by atoms with Crippen molar-refractivity contribution in [2.75, 3.05) is 13.1 Å². The van der Waals surface area contributed by atoms with Gasteiger partial charge in [-0.05, 0) is 61.4 Å². The van der Waals surface area contributed by atoms with Gasteiger partial charge in [-0.1, -0.05) is 92.4 Å². The maximum absolute atomic E-state index is 13.6. The van der Waals surface area contributed by atoms with Crippen LogP contribution in [-0.2, 0) is 30.2 Å². The van der Waals surface area contributed by atoms with Gasteiger partial charge in [-0.2, -0.15) is 26.3 Å². The Morgan fingerprint density at radius 2 is 1.15 bits per heavy atom. The minimum Gasteiger partial charge on any atom is -0.508 e. The normalized spacial score (nSPS) is 10.5. The summed E-state index contributed by atoms with van der Waals surface area (Å²) >= 11 is 0. The van der Waals surface area contributed by atoms with Gasteiger partial charge in [0.05, 0.1) is 24.3 Å². The van der Waals surface area contributed by atoms with E-state index in [0.29, 0.717) is 24.2 Å². The summed E-state index contributed by atoms with van der Waals surface area (Å²) in [4.78, 5) is 55.4. The SMILES string of the molecule is C.CCN=C=O.[C-]#[N+]c1c(C(F)(F)F)cc(-c2cccc(O)c2)n(Cc2ccccc2)c1=O.[C-]#[N+]c1c(C(F)(F)F)cc(-c2cccc(OC(=O)NCC)c2)n(Cc2ccccc2)c1=O. The highest BCUT2D eigenvalue weighted by molar-refractivity contribution is 5.72. The van der Waals surface area contributed by atoms with Crippen molar-refractivity contribution in [1.82, 2.24) is 14.5 Å². The molecule has 0 radical (unpaired) electrons. The average Bonchev–Trinajstić information content (AvgIpc) is 3.25. The number of rotatable bonds is 9. The van der Waals surface area contributed by atoms with E-state index in [2.05, 4.69) is 20.0 Å². The Morgan fingerprint density at radius 3 is 1.52 bits per heavy atom. The van der Waals surface area contributed by atoms with Gasteiger partial charge in [0.15, 0.2) is 0 Å². The van der Waals surface area contributed by atoms with Crippen LogP contribution in [0.4, 0.5) is 42.5 Å². The fraction of sp³-hybridized carbons (Fsp3) is 0.191. The molecule has 0 aliphatic rings. The highest BCUT2D eigenvalue weighted by Gasteiger charge is 2.37. The third-order valence-corrected chi connectivity index (χ3v) is 8.78. The average molecular weight is 899 g/mol. The van der Waals surface area contributed by atoms with Crippen molar-refractivity contribution >= 4 is 23.5 Å². The van der Waals surface area contributed by atoms with E-state index >= 15 is 0 Å². The number of hydrogen-bond acceptors (Lipinski definition) is 7. The van der Waals surface area contributed by atoms with E-state index in [4.69, 9.17) is 22.7 Å². The fourth-order valence-corrected chi connectivity index (χ4v) is 5.98. The van der Waals surface area contributed by atoms with Crippen LogP contribution in [0.2, 0.25) is 0 Å². The Balaban J connectivity index is 0.000000312. The Hall–Kier alpha value is -8.21. The summed E-state index contributed by atoms with van der Waals surface area (Å²) in [6.07, 6.45) is -9.07. The molecule has 0 fully saturated rings. The first-order valence-corrected chi connectivity index (χ1v) is 18.9. The van der Waals surface area contributed by atoms with E-state index in [1.54, 1.807) is 74.5 Å². The van der Waals surface area contributed by atoms with Gasteiger partial charge in [0.2, 0.25) is 6.08 Å². The lowest BCUT2D eigenvalue weighted by molar-refractivity contribution is -0.137. The molecule has 65 heavy (non-hydrogen) atoms. The van der Waals surface area contributed by atoms with Gasteiger partial charge in [0.25, 0.3) is 22.5 Å². The Morgan fingerprint density at radius 1 is 0.708 bits per heavy atom. The number of aliphatic imine (C=N–C) groups is 1. The number of carbonyl (C=O) groups excluding carboxylic acids is 2. The quantitative estimate of drug-likeness (QED) is 0.0641. The van der Waals surface area contributed by atoms with Crippen molar-refractivity contribution in [3.8, 4) is 34.0 Å². The van der Waals surface area contributed by atoms with Crippen molar-refractivity contribution in [3.05, 3.63) is 187 Å². The number of phenolic OH excluding ortho intramolecular Hbond substituents is 1. The first-order valence-electron chi connectivity index (χ1n) is 18.9. The summed E-state index contributed by atoms with van der Waals surface area (Å²) in [6.45, 7) is 18.5. The van der Waals surface area contributed by atoms with Crippen molar-refractivity contribution in [1.29, 1.82) is 0 Å². The van der Waals surface area contributed by atoms with Crippen molar-refractivity contribution in [3.63, 3.8) is 0 Å². The number of aromatic hydroxyl groups is 1. The second-order valence-electron chi connectivity index (χ2n) is 13.1. The monoisotopic (exact) mass is 898 g/mol. The van der Waals surface area contributed by atoms with Crippen LogP contribution >= 0.6 is 0 Å². The molecule has 0 unspecified atom stereocenters. The van der Waals surface area contributed by atoms with Gasteiger partial charge in [-0.3, -0.25) is 9.59 Å². The van der Waals surface area contributed by atoms with E-state index in [-0.39, 0.29) is 54.5 Å². The standard InChI is InChI=1S/C23H18F3N3O3.C20H13F3N2O2.C3H5NO.CH4/c1-3-28-22(31)32-17-11-7-10-16(12-17)19-13-18(23(24,25)26)20(27-2)21(30)29(19)14-15-8-5-4-6-9-15;1-24-18-16(20(21,22)23)11-17(14-8-5-9-15(26)10-14)25(19(18)27)12-13-6-3-2-4-7-13;1-2-4-3-5;/h4-13H,3,14H2,1H3,(H,28,31);2-11,26H,12H2;2H2,1H3;1H4. The summed E-state index contributed by atoms with van der Waals surface area (Å²) in [6, 6.07) is 30.4. The molecule has 2 N–H and O–H groups in total. The highest BCUT2D eigenvalue weighted by atomic mass is 19.4. The molecule has 2 aromatic heterocycles. The van der Waals surface area contributed by atoms with Crippen LogP contribution in [0.25, 0.3) is 32.2 Å². The molecule has 0 saturated carbocycles. The van der Waals surface area contributed by atoms with E-state index in [9.17, 15) is 45.8 Å². The van der Waals surface area contributed by atoms with Crippen molar-refractivity contribution in [2.45, 2.75) is 46.7 Å². The lowest BCUT2D eigenvalue weighted by Gasteiger charge is -2.18. The zero-order valence-corrected chi connectivity index (χ0v) is 33.9. The summed E-state index contributed by atoms with van der Waals surface area (Å²) in [7, 11) is 0. The molecule has 12 nitrogen and oxygen atoms in total. The third kappa shape index (κ3) is 13.6. The van der Waals surface area contributed by atoms with Gasteiger partial charge >= 0.3 is 18.4 Å². The van der Waals surface area contributed by atoms with E-state index < -0.39 is 52.1 Å². The molecule has 0 atom stereocenters. The number of halogens is 6. The topological polar surface area (TPSA) is 141 Å². The van der Waals surface area contributed by atoms with Crippen LogP contribution < -0.4 is 21.2 Å². The second-order valence-corrected chi connectivity index (χ2v) is 13.1. The van der Waals surface area contributed by atoms with Crippen LogP contribution in [0.15, 0.2) is 136 Å². The number of alkyl halides is 6. The predicted molar refractivity (Wildman–Crippen MR) is 233 cm³/mol. The number of aromatic nitrogens is 2. The number of pyridine rings is 2. The number of nitrogens with one attached hydrogen (secondary N) is 1. The smallest absolute Gasteiger partial charge is 0.412 e. The summed E-state index contributed by atoms with van der Waals surface area (Å²) < 4.78 is 88.5. The lowest BCUT2D eigenvalue weighted by atomic mass is 10.1. The maximum Gasteiger partial charge on any atom is 0.412 e. The zero-order valence-electron chi connectivity index (χ0n) is 33.9. The zero-order chi connectivity index (χ0) is 47.0. The number of ether oxygens (including phenoxy) is 1. The van der Waals surface area contributed by atoms with Gasteiger partial charge in [0, 0.05) is 48.7 Å². The first-order chi connectivity index (χ1) is 30.5. The van der Waals surface area contributed by atoms with Crippen molar-refractivity contribution < 1.29 is 45.8 Å². The minimum absolute atomic E-state index is 0. The largest absolute Gasteiger partial charge is 0.508 e. The van der Waals surface area contributed by atoms with Gasteiger partial charge in [0.1, 0.15) is 11.5 Å². The molecular formula is C47H40F6N6O6. The van der Waals surface area contributed by atoms with Crippen molar-refractivity contribution in [2.24, 2.45) is 4.99 Å². The molecule has 336 valence electrons. The predicted octanol–water partition coefficient (Wildman–Crippen LogP) is 11.1. The summed E-state index contributed by atoms with van der Waals surface area (Å²) in [5.74, 6) is -0.0519. The van der Waals surface area contributed by atoms with Gasteiger partial charge in [-0.15, -0.1) is 0 Å². The molecule has 2 heterocycles. The molecule has 1 amide bonds. The fourth-order valence-electron chi connectivity index (χ4n) is 5.98. The maximum atomic E-state index is 13.6. The number of phenols is 1. The van der Waals surface area contributed by atoms with Crippen LogP contribution in [0.5, 0.6) is 11.5 Å². The molecule has 18 heteroatoms. The molecule has 0 saturated heterocycles. The first kappa shape index (κ1) is 51.1. The molecule has 4 aromatic carbocycles. The Labute approximate surface area is 369 Å². The number of amides is 1. The number of benzene rings is 4. The highest BCUT2D eigenvalue weighted by Crippen LogP contribution is 2.39. The molecule has 0 aliphatic heterocycles. The number of isocyanates is 1. The Kier molecular flexibility index (Phi) is 18.3. The second kappa shape index (κ2) is 23.3. The molecule has 6 aromatic rings. The van der Waals surface area contributed by atoms with Gasteiger partial charge < -0.3 is 24.3 Å².